The van der Waals surface area contributed by atoms with Crippen LogP contribution in [-0.4, -0.2) is 16.8 Å². The number of allylic oxidation sites excluding steroid dienone is 3. The van der Waals surface area contributed by atoms with Crippen molar-refractivity contribution in [3.05, 3.63) is 24.5 Å². The lowest BCUT2D eigenvalue weighted by Gasteiger charge is -1.90. The van der Waals surface area contributed by atoms with Crippen molar-refractivity contribution in [2.24, 2.45) is 0 Å². The molecule has 0 saturated heterocycles. The quantitative estimate of drug-likeness (QED) is 0.179. The number of aldehydes is 1. The van der Waals surface area contributed by atoms with Crippen molar-refractivity contribution in [2.45, 2.75) is 0 Å². The molecule has 2 nitrogen and oxygen atoms in total. The third-order valence-electron chi connectivity index (χ3n) is 0.516. The van der Waals surface area contributed by atoms with Gasteiger partial charge in [0.2, 0.25) is 0 Å². The molecule has 3 radical (unpaired) electrons. The van der Waals surface area contributed by atoms with Gasteiger partial charge in [0.15, 0.2) is 6.29 Å². The van der Waals surface area contributed by atoms with Crippen molar-refractivity contribution < 1.29 is 9.22 Å². The zero-order chi connectivity index (χ0) is 6.41. The van der Waals surface area contributed by atoms with E-state index in [0.29, 0.717) is 6.29 Å². The van der Waals surface area contributed by atoms with Crippen molar-refractivity contribution >= 4 is 16.8 Å². The summed E-state index contributed by atoms with van der Waals surface area (Å²) in [4.78, 5) is 9.85. The Morgan fingerprint density at radius 1 is 1.75 bits per heavy atom. The Hall–Kier alpha value is -0.833. The van der Waals surface area contributed by atoms with Crippen molar-refractivity contribution in [3.8, 4) is 0 Å². The molecule has 0 spiro atoms. The summed E-state index contributed by atoms with van der Waals surface area (Å²) >= 11 is 0. The standard InChI is InChI=1S/C5H5O2Si/c1-2-3-5(4-6)7-8/h2-4H,1H2. The molecule has 0 rings (SSSR count). The van der Waals surface area contributed by atoms with Crippen LogP contribution < -0.4 is 0 Å². The zero-order valence-corrected chi connectivity index (χ0v) is 5.26. The molecule has 3 heteroatoms. The second-order valence-corrected chi connectivity index (χ2v) is 1.23. The van der Waals surface area contributed by atoms with E-state index >= 15 is 0 Å². The van der Waals surface area contributed by atoms with Gasteiger partial charge in [-0.15, -0.1) is 0 Å². The maximum Gasteiger partial charge on any atom is 0.341 e. The molecule has 0 amide bonds. The van der Waals surface area contributed by atoms with Crippen molar-refractivity contribution in [1.82, 2.24) is 0 Å². The average molecular weight is 125 g/mol. The number of hydrogen-bond donors (Lipinski definition) is 0. The lowest BCUT2D eigenvalue weighted by molar-refractivity contribution is -0.106. The minimum absolute atomic E-state index is 0.205. The van der Waals surface area contributed by atoms with Gasteiger partial charge in [-0.3, -0.25) is 4.79 Å². The van der Waals surface area contributed by atoms with Gasteiger partial charge < -0.3 is 4.43 Å². The Kier molecular flexibility index (Phi) is 3.88. The minimum Gasteiger partial charge on any atom is -0.538 e. The first kappa shape index (κ1) is 7.17. The third kappa shape index (κ3) is 2.36. The van der Waals surface area contributed by atoms with Gasteiger partial charge >= 0.3 is 10.5 Å². The van der Waals surface area contributed by atoms with E-state index in [1.807, 2.05) is 0 Å². The molecule has 0 aliphatic carbocycles. The van der Waals surface area contributed by atoms with Gasteiger partial charge in [-0.05, 0) is 6.08 Å². The maximum absolute atomic E-state index is 9.85. The van der Waals surface area contributed by atoms with Crippen LogP contribution in [-0.2, 0) is 9.22 Å². The van der Waals surface area contributed by atoms with Crippen LogP contribution in [0.5, 0.6) is 0 Å². The molecule has 41 valence electrons. The fraction of sp³-hybridized carbons (Fsp3) is 0. The largest absolute Gasteiger partial charge is 0.538 e. The van der Waals surface area contributed by atoms with E-state index in [1.54, 1.807) is 0 Å². The van der Waals surface area contributed by atoms with Crippen LogP contribution >= 0.6 is 0 Å². The highest BCUT2D eigenvalue weighted by molar-refractivity contribution is 6.00. The molecular formula is C5H5O2Si. The highest BCUT2D eigenvalue weighted by atomic mass is 28.2. The fourth-order valence-electron chi connectivity index (χ4n) is 0.214. The van der Waals surface area contributed by atoms with Crippen molar-refractivity contribution in [1.29, 1.82) is 0 Å². The molecule has 0 aromatic carbocycles. The molecule has 0 aliphatic rings. The summed E-state index contributed by atoms with van der Waals surface area (Å²) in [7, 11) is 2.67. The van der Waals surface area contributed by atoms with Crippen LogP contribution in [0.2, 0.25) is 0 Å². The van der Waals surface area contributed by atoms with Gasteiger partial charge in [0.25, 0.3) is 0 Å². The molecular weight excluding hydrogens is 120 g/mol. The van der Waals surface area contributed by atoms with Crippen LogP contribution in [0.25, 0.3) is 0 Å². The average Bonchev–Trinajstić information content (AvgIpc) is 1.83. The monoisotopic (exact) mass is 125 g/mol. The van der Waals surface area contributed by atoms with Crippen molar-refractivity contribution in [3.63, 3.8) is 0 Å². The van der Waals surface area contributed by atoms with E-state index in [4.69, 9.17) is 0 Å². The summed E-state index contributed by atoms with van der Waals surface area (Å²) in [6, 6.07) is 0. The van der Waals surface area contributed by atoms with Crippen LogP contribution in [0.15, 0.2) is 24.5 Å². The molecule has 0 atom stereocenters. The Balaban J connectivity index is 3.84. The first-order valence-electron chi connectivity index (χ1n) is 1.96. The molecule has 0 unspecified atom stereocenters. The predicted molar refractivity (Wildman–Crippen MR) is 31.2 cm³/mol. The van der Waals surface area contributed by atoms with E-state index in [-0.39, 0.29) is 5.76 Å². The fourth-order valence-corrected chi connectivity index (χ4v) is 0.330. The van der Waals surface area contributed by atoms with Crippen LogP contribution in [0.3, 0.4) is 0 Å². The van der Waals surface area contributed by atoms with E-state index in [9.17, 15) is 4.79 Å². The molecule has 0 aromatic heterocycles. The predicted octanol–water partition coefficient (Wildman–Crippen LogP) is 0.355. The normalized spacial score (nSPS) is 10.4. The Morgan fingerprint density at radius 3 is 2.50 bits per heavy atom. The summed E-state index contributed by atoms with van der Waals surface area (Å²) < 4.78 is 4.37. The summed E-state index contributed by atoms with van der Waals surface area (Å²) in [5, 5.41) is 0. The van der Waals surface area contributed by atoms with Crippen LogP contribution in [0.4, 0.5) is 0 Å². The second kappa shape index (κ2) is 4.33. The molecule has 0 heterocycles. The maximum atomic E-state index is 9.85. The van der Waals surface area contributed by atoms with Gasteiger partial charge in [-0.2, -0.15) is 0 Å². The van der Waals surface area contributed by atoms with E-state index in [0.717, 1.165) is 0 Å². The molecule has 8 heavy (non-hydrogen) atoms. The molecule has 0 aliphatic heterocycles. The Morgan fingerprint density at radius 2 is 2.38 bits per heavy atom. The smallest absolute Gasteiger partial charge is 0.341 e. The summed E-state index contributed by atoms with van der Waals surface area (Å²) in [5.41, 5.74) is 0. The number of carbonyl (C=O) groups excluding carboxylic acids is 1. The topological polar surface area (TPSA) is 26.3 Å². The Labute approximate surface area is 51.4 Å². The highest BCUT2D eigenvalue weighted by Crippen LogP contribution is 1.86. The van der Waals surface area contributed by atoms with E-state index in [1.165, 1.54) is 12.2 Å². The minimum atomic E-state index is 0.205. The highest BCUT2D eigenvalue weighted by Gasteiger charge is 1.84. The molecule has 0 fully saturated rings. The number of carbonyl (C=O) groups is 1. The SMILES string of the molecule is C=CC=C(C=O)O[Si]. The van der Waals surface area contributed by atoms with Crippen molar-refractivity contribution in [2.75, 3.05) is 0 Å². The third-order valence-corrected chi connectivity index (χ3v) is 0.752. The van der Waals surface area contributed by atoms with Gasteiger partial charge in [0, 0.05) is 0 Å². The lowest BCUT2D eigenvalue weighted by Crippen LogP contribution is -1.86. The van der Waals surface area contributed by atoms with Gasteiger partial charge in [0.1, 0.15) is 5.76 Å². The molecule has 0 bridgehead atoms. The first-order valence-corrected chi connectivity index (χ1v) is 2.37. The van der Waals surface area contributed by atoms with E-state index in [2.05, 4.69) is 21.5 Å². The van der Waals surface area contributed by atoms with Crippen LogP contribution in [0.1, 0.15) is 0 Å². The van der Waals surface area contributed by atoms with Gasteiger partial charge in [-0.1, -0.05) is 12.7 Å². The lowest BCUT2D eigenvalue weighted by atomic mass is 10.5. The second-order valence-electron chi connectivity index (χ2n) is 1.02. The number of hydrogen-bond acceptors (Lipinski definition) is 2. The summed E-state index contributed by atoms with van der Waals surface area (Å²) in [6.07, 6.45) is 3.48. The summed E-state index contributed by atoms with van der Waals surface area (Å²) in [5.74, 6) is 0.205. The summed E-state index contributed by atoms with van der Waals surface area (Å²) in [6.45, 7) is 3.36. The molecule has 0 aromatic rings. The van der Waals surface area contributed by atoms with Gasteiger partial charge in [-0.25, -0.2) is 0 Å². The Bertz CT molecular complexity index is 118. The number of rotatable bonds is 3. The van der Waals surface area contributed by atoms with E-state index < -0.39 is 0 Å². The van der Waals surface area contributed by atoms with Crippen LogP contribution in [0, 0.1) is 0 Å². The van der Waals surface area contributed by atoms with Gasteiger partial charge in [0.05, 0.1) is 0 Å². The zero-order valence-electron chi connectivity index (χ0n) is 4.26. The molecule has 0 saturated carbocycles. The molecule has 0 N–H and O–H groups in total. The first-order chi connectivity index (χ1) is 3.85.